The van der Waals surface area contributed by atoms with Crippen molar-refractivity contribution in [3.8, 4) is 11.3 Å². The van der Waals surface area contributed by atoms with Gasteiger partial charge in [0.15, 0.2) is 0 Å². The van der Waals surface area contributed by atoms with Crippen molar-refractivity contribution in [3.63, 3.8) is 0 Å². The lowest BCUT2D eigenvalue weighted by Crippen LogP contribution is -2.13. The molecular formula is C14H19N3. The molecule has 0 bridgehead atoms. The summed E-state index contributed by atoms with van der Waals surface area (Å²) in [6.07, 6.45) is 0. The molecule has 17 heavy (non-hydrogen) atoms. The molecule has 3 heteroatoms. The molecule has 90 valence electrons. The molecule has 0 spiro atoms. The van der Waals surface area contributed by atoms with Crippen molar-refractivity contribution in [2.75, 3.05) is 7.05 Å². The molecule has 0 saturated carbocycles. The first-order chi connectivity index (χ1) is 8.11. The highest BCUT2D eigenvalue weighted by Gasteiger charge is 2.12. The maximum Gasteiger partial charge on any atom is 0.123 e. The van der Waals surface area contributed by atoms with E-state index < -0.39 is 0 Å². The molecule has 1 aromatic heterocycles. The van der Waals surface area contributed by atoms with Crippen LogP contribution in [-0.4, -0.2) is 17.0 Å². The highest BCUT2D eigenvalue weighted by atomic mass is 15.0. The Balaban J connectivity index is 2.39. The summed E-state index contributed by atoms with van der Waals surface area (Å²) >= 11 is 0. The van der Waals surface area contributed by atoms with Gasteiger partial charge in [-0.25, -0.2) is 4.98 Å². The Morgan fingerprint density at radius 2 is 1.82 bits per heavy atom. The fraction of sp³-hybridized carbons (Fsp3) is 0.357. The Kier molecular flexibility index (Phi) is 3.29. The van der Waals surface area contributed by atoms with Crippen molar-refractivity contribution in [1.82, 2.24) is 15.3 Å². The molecule has 0 fully saturated rings. The molecule has 3 nitrogen and oxygen atoms in total. The molecule has 0 saturated heterocycles. The largest absolute Gasteiger partial charge is 0.344 e. The maximum absolute atomic E-state index is 4.66. The summed E-state index contributed by atoms with van der Waals surface area (Å²) in [5.41, 5.74) is 4.60. The molecule has 1 heterocycles. The standard InChI is InChI=1S/C14H19N3/c1-9-5-7-12(8-6-9)13-10(2)16-14(17-13)11(3)15-4/h5-8,11,15H,1-4H3,(H,16,17)/t11-/m1/s1. The minimum Gasteiger partial charge on any atom is -0.344 e. The van der Waals surface area contributed by atoms with Crippen LogP contribution >= 0.6 is 0 Å². The first-order valence-corrected chi connectivity index (χ1v) is 5.92. The van der Waals surface area contributed by atoms with Crippen LogP contribution in [0.15, 0.2) is 24.3 Å². The van der Waals surface area contributed by atoms with Crippen molar-refractivity contribution in [2.24, 2.45) is 0 Å². The van der Waals surface area contributed by atoms with E-state index in [1.54, 1.807) is 0 Å². The summed E-state index contributed by atoms with van der Waals surface area (Å²) in [6.45, 7) is 6.25. The third-order valence-corrected chi connectivity index (χ3v) is 3.07. The molecule has 1 atom stereocenters. The monoisotopic (exact) mass is 229 g/mol. The number of nitrogens with one attached hydrogen (secondary N) is 2. The average Bonchev–Trinajstić information content (AvgIpc) is 2.71. The first-order valence-electron chi connectivity index (χ1n) is 5.92. The predicted molar refractivity (Wildman–Crippen MR) is 71.0 cm³/mol. The number of imidazole rings is 1. The second kappa shape index (κ2) is 4.72. The molecule has 0 radical (unpaired) electrons. The lowest BCUT2D eigenvalue weighted by molar-refractivity contribution is 0.617. The zero-order valence-corrected chi connectivity index (χ0v) is 10.8. The highest BCUT2D eigenvalue weighted by Crippen LogP contribution is 2.23. The third-order valence-electron chi connectivity index (χ3n) is 3.07. The quantitative estimate of drug-likeness (QED) is 0.849. The highest BCUT2D eigenvalue weighted by molar-refractivity contribution is 5.62. The minimum atomic E-state index is 0.243. The molecule has 2 rings (SSSR count). The number of hydrogen-bond donors (Lipinski definition) is 2. The van der Waals surface area contributed by atoms with Gasteiger partial charge < -0.3 is 10.3 Å². The van der Waals surface area contributed by atoms with Gasteiger partial charge in [-0.3, -0.25) is 0 Å². The van der Waals surface area contributed by atoms with Gasteiger partial charge in [-0.2, -0.15) is 0 Å². The lowest BCUT2D eigenvalue weighted by Gasteiger charge is -2.04. The molecule has 0 amide bonds. The Hall–Kier alpha value is -1.61. The van der Waals surface area contributed by atoms with Crippen molar-refractivity contribution in [1.29, 1.82) is 0 Å². The van der Waals surface area contributed by atoms with E-state index in [2.05, 4.69) is 60.3 Å². The van der Waals surface area contributed by atoms with Gasteiger partial charge in [0, 0.05) is 11.3 Å². The number of rotatable bonds is 3. The van der Waals surface area contributed by atoms with E-state index in [0.717, 1.165) is 17.2 Å². The van der Waals surface area contributed by atoms with Gasteiger partial charge in [0.05, 0.1) is 11.7 Å². The van der Waals surface area contributed by atoms with Crippen LogP contribution in [0, 0.1) is 13.8 Å². The molecule has 1 aromatic carbocycles. The van der Waals surface area contributed by atoms with E-state index in [-0.39, 0.29) is 6.04 Å². The second-order valence-corrected chi connectivity index (χ2v) is 4.47. The average molecular weight is 229 g/mol. The number of benzene rings is 1. The number of aromatic amines is 1. The summed E-state index contributed by atoms with van der Waals surface area (Å²) in [5, 5.41) is 3.19. The van der Waals surface area contributed by atoms with Crippen LogP contribution in [0.1, 0.15) is 30.0 Å². The summed E-state index contributed by atoms with van der Waals surface area (Å²) in [4.78, 5) is 8.00. The van der Waals surface area contributed by atoms with E-state index in [4.69, 9.17) is 0 Å². The number of nitrogens with zero attached hydrogens (tertiary/aromatic N) is 1. The first kappa shape index (κ1) is 11.9. The van der Waals surface area contributed by atoms with Crippen molar-refractivity contribution in [2.45, 2.75) is 26.8 Å². The Morgan fingerprint density at radius 3 is 2.41 bits per heavy atom. The summed E-state index contributed by atoms with van der Waals surface area (Å²) < 4.78 is 0. The number of aryl methyl sites for hydroxylation is 2. The molecule has 0 aliphatic heterocycles. The fourth-order valence-electron chi connectivity index (χ4n) is 1.82. The SMILES string of the molecule is CN[C@H](C)c1nc(-c2ccc(C)cc2)c(C)[nH]1. The molecule has 2 N–H and O–H groups in total. The Labute approximate surface area is 102 Å². The van der Waals surface area contributed by atoms with Gasteiger partial charge >= 0.3 is 0 Å². The van der Waals surface area contributed by atoms with Crippen molar-refractivity contribution >= 4 is 0 Å². The van der Waals surface area contributed by atoms with Crippen molar-refractivity contribution < 1.29 is 0 Å². The van der Waals surface area contributed by atoms with Gasteiger partial charge in [-0.1, -0.05) is 29.8 Å². The van der Waals surface area contributed by atoms with Crippen LogP contribution in [0.25, 0.3) is 11.3 Å². The van der Waals surface area contributed by atoms with Crippen LogP contribution in [0.4, 0.5) is 0 Å². The van der Waals surface area contributed by atoms with E-state index in [1.807, 2.05) is 7.05 Å². The van der Waals surface area contributed by atoms with E-state index in [1.165, 1.54) is 11.1 Å². The number of hydrogen-bond acceptors (Lipinski definition) is 2. The van der Waals surface area contributed by atoms with Crippen LogP contribution in [0.5, 0.6) is 0 Å². The van der Waals surface area contributed by atoms with Crippen LogP contribution < -0.4 is 5.32 Å². The molecular weight excluding hydrogens is 210 g/mol. The molecule has 0 unspecified atom stereocenters. The third kappa shape index (κ3) is 2.39. The van der Waals surface area contributed by atoms with Crippen LogP contribution in [-0.2, 0) is 0 Å². The second-order valence-electron chi connectivity index (χ2n) is 4.47. The summed E-state index contributed by atoms with van der Waals surface area (Å²) in [6, 6.07) is 8.71. The van der Waals surface area contributed by atoms with Crippen LogP contribution in [0.2, 0.25) is 0 Å². The fourth-order valence-corrected chi connectivity index (χ4v) is 1.82. The predicted octanol–water partition coefficient (Wildman–Crippen LogP) is 2.97. The zero-order chi connectivity index (χ0) is 12.4. The Bertz CT molecular complexity index is 497. The Morgan fingerprint density at radius 1 is 1.18 bits per heavy atom. The van der Waals surface area contributed by atoms with E-state index in [9.17, 15) is 0 Å². The van der Waals surface area contributed by atoms with Gasteiger partial charge in [0.1, 0.15) is 5.82 Å². The van der Waals surface area contributed by atoms with E-state index in [0.29, 0.717) is 0 Å². The van der Waals surface area contributed by atoms with Gasteiger partial charge in [-0.05, 0) is 27.8 Å². The van der Waals surface area contributed by atoms with Gasteiger partial charge in [0.2, 0.25) is 0 Å². The number of aromatic nitrogens is 2. The van der Waals surface area contributed by atoms with Gasteiger partial charge in [-0.15, -0.1) is 0 Å². The molecule has 2 aromatic rings. The number of H-pyrrole nitrogens is 1. The maximum atomic E-state index is 4.66. The topological polar surface area (TPSA) is 40.7 Å². The smallest absolute Gasteiger partial charge is 0.123 e. The zero-order valence-electron chi connectivity index (χ0n) is 10.8. The molecule has 0 aliphatic rings. The van der Waals surface area contributed by atoms with Crippen LogP contribution in [0.3, 0.4) is 0 Å². The molecule has 0 aliphatic carbocycles. The minimum absolute atomic E-state index is 0.243. The summed E-state index contributed by atoms with van der Waals surface area (Å²) in [7, 11) is 1.94. The normalized spacial score (nSPS) is 12.7. The van der Waals surface area contributed by atoms with Gasteiger partial charge in [0.25, 0.3) is 0 Å². The lowest BCUT2D eigenvalue weighted by atomic mass is 10.1. The van der Waals surface area contributed by atoms with Crippen molar-refractivity contribution in [3.05, 3.63) is 41.3 Å². The van der Waals surface area contributed by atoms with E-state index >= 15 is 0 Å². The summed E-state index contributed by atoms with van der Waals surface area (Å²) in [5.74, 6) is 0.987.